The summed E-state index contributed by atoms with van der Waals surface area (Å²) in [6.45, 7) is 11.5. The number of anilines is 3. The summed E-state index contributed by atoms with van der Waals surface area (Å²) in [7, 11) is 0. The maximum absolute atomic E-state index is 7.08. The van der Waals surface area contributed by atoms with Gasteiger partial charge in [-0.25, -0.2) is 4.98 Å². The zero-order chi connectivity index (χ0) is 42.2. The summed E-state index contributed by atoms with van der Waals surface area (Å²) in [5, 5.41) is 2.34. The topological polar surface area (TPSA) is 42.7 Å². The number of para-hydroxylation sites is 2. The zero-order valence-electron chi connectivity index (χ0n) is 36.6. The van der Waals surface area contributed by atoms with Crippen LogP contribution in [-0.2, 0) is 36.6 Å². The van der Waals surface area contributed by atoms with Crippen LogP contribution in [0.1, 0.15) is 101 Å². The predicted octanol–water partition coefficient (Wildman–Crippen LogP) is 14.3. The van der Waals surface area contributed by atoms with E-state index in [9.17, 15) is 0 Å². The Morgan fingerprint density at radius 3 is 2.19 bits per heavy atom. The van der Waals surface area contributed by atoms with Crippen molar-refractivity contribution >= 4 is 44.8 Å². The molecule has 2 atom stereocenters. The van der Waals surface area contributed by atoms with Crippen LogP contribution in [0.2, 0.25) is 0 Å². The largest absolute Gasteiger partial charge is 2.00 e. The van der Waals surface area contributed by atoms with Crippen LogP contribution in [-0.4, -0.2) is 21.5 Å². The van der Waals surface area contributed by atoms with E-state index in [0.29, 0.717) is 11.8 Å². The molecule has 0 N–H and O–H groups in total. The first-order chi connectivity index (χ1) is 30.1. The molecule has 1 saturated carbocycles. The smallest absolute Gasteiger partial charge is 0.510 e. The molecule has 0 saturated heterocycles. The number of fused-ring (bicyclic) bond motifs is 5. The van der Waals surface area contributed by atoms with Gasteiger partial charge in [-0.2, -0.15) is 6.07 Å². The molecule has 1 aliphatic carbocycles. The number of aliphatic imine (C=N–C) groups is 1. The summed E-state index contributed by atoms with van der Waals surface area (Å²) < 4.78 is 9.38. The van der Waals surface area contributed by atoms with Gasteiger partial charge in [0.15, 0.2) is 0 Å². The van der Waals surface area contributed by atoms with E-state index in [1.54, 1.807) is 0 Å². The van der Waals surface area contributed by atoms with Crippen LogP contribution < -0.4 is 4.90 Å². The van der Waals surface area contributed by atoms with Gasteiger partial charge < -0.3 is 14.2 Å². The summed E-state index contributed by atoms with van der Waals surface area (Å²) in [5.74, 6) is 2.04. The standard InChI is InChI=1S/C57H52N4O.Pt/c1-56(2,3)42-29-30-58-52(34-42)61-48-27-17-15-25-44(48)45-35-47-51(36-50(45)61)60(49-28-18-16-26-46(49)57(47,4)5)43-32-40(37-19-9-6-10-20-37)31-41(33-43)55-59-53(38-21-11-7-12-22-38)54(62-55)39-23-13-8-14-24-39;/h6,8-10,13-20,23-32,34-35,38,53-54H,7,11-12,21-22H2,1-5H3;/q-2;+2/t53-,54-;/m1./s1. The minimum atomic E-state index is -0.324. The van der Waals surface area contributed by atoms with Crippen LogP contribution in [0.25, 0.3) is 38.8 Å². The maximum atomic E-state index is 7.08. The number of benzene rings is 6. The molecular weight excluding hydrogens is 952 g/mol. The number of ether oxygens (including phenoxy) is 1. The van der Waals surface area contributed by atoms with Crippen molar-refractivity contribution in [2.45, 2.75) is 89.7 Å². The van der Waals surface area contributed by atoms with Gasteiger partial charge >= 0.3 is 21.1 Å². The van der Waals surface area contributed by atoms with Crippen molar-refractivity contribution in [1.82, 2.24) is 9.55 Å². The van der Waals surface area contributed by atoms with E-state index in [2.05, 4.69) is 196 Å². The van der Waals surface area contributed by atoms with Crippen molar-refractivity contribution in [2.24, 2.45) is 10.9 Å². The van der Waals surface area contributed by atoms with Crippen molar-refractivity contribution in [3.05, 3.63) is 186 Å². The molecule has 0 spiro atoms. The molecule has 1 fully saturated rings. The molecule has 0 unspecified atom stereocenters. The van der Waals surface area contributed by atoms with E-state index in [4.69, 9.17) is 14.7 Å². The summed E-state index contributed by atoms with van der Waals surface area (Å²) in [4.78, 5) is 12.9. The van der Waals surface area contributed by atoms with Gasteiger partial charge in [0.1, 0.15) is 17.8 Å². The first-order valence-corrected chi connectivity index (χ1v) is 22.4. The molecule has 63 heavy (non-hydrogen) atoms. The van der Waals surface area contributed by atoms with Gasteiger partial charge in [0.25, 0.3) is 0 Å². The Morgan fingerprint density at radius 2 is 1.41 bits per heavy atom. The third-order valence-electron chi connectivity index (χ3n) is 13.8. The molecule has 11 rings (SSSR count). The van der Waals surface area contributed by atoms with Crippen LogP contribution in [0.4, 0.5) is 17.1 Å². The number of rotatable bonds is 6. The predicted molar refractivity (Wildman–Crippen MR) is 254 cm³/mol. The molecule has 0 radical (unpaired) electrons. The van der Waals surface area contributed by atoms with Crippen molar-refractivity contribution in [1.29, 1.82) is 0 Å². The molecule has 2 aliphatic heterocycles. The van der Waals surface area contributed by atoms with Gasteiger partial charge in [0.05, 0.1) is 6.04 Å². The second-order valence-corrected chi connectivity index (χ2v) is 19.1. The Morgan fingerprint density at radius 1 is 0.698 bits per heavy atom. The average molecular weight is 1000 g/mol. The molecule has 0 bridgehead atoms. The fourth-order valence-electron chi connectivity index (χ4n) is 10.4. The number of pyridine rings is 1. The Kier molecular flexibility index (Phi) is 10.5. The average Bonchev–Trinajstić information content (AvgIpc) is 3.90. The fourth-order valence-corrected chi connectivity index (χ4v) is 10.4. The third-order valence-corrected chi connectivity index (χ3v) is 13.8. The molecule has 316 valence electrons. The normalized spacial score (nSPS) is 18.4. The van der Waals surface area contributed by atoms with E-state index >= 15 is 0 Å². The van der Waals surface area contributed by atoms with Crippen molar-refractivity contribution in [3.8, 4) is 16.9 Å². The third kappa shape index (κ3) is 7.14. The molecule has 0 amide bonds. The Bertz CT molecular complexity index is 3010. The van der Waals surface area contributed by atoms with Crippen LogP contribution in [0.5, 0.6) is 0 Å². The van der Waals surface area contributed by atoms with Gasteiger partial charge in [-0.15, -0.1) is 35.2 Å². The summed E-state index contributed by atoms with van der Waals surface area (Å²) in [6.07, 6.45) is 7.96. The quantitative estimate of drug-likeness (QED) is 0.156. The minimum Gasteiger partial charge on any atom is -0.510 e. The second-order valence-electron chi connectivity index (χ2n) is 19.1. The van der Waals surface area contributed by atoms with Gasteiger partial charge in [-0.1, -0.05) is 173 Å². The molecule has 3 aliphatic rings. The Labute approximate surface area is 386 Å². The van der Waals surface area contributed by atoms with E-state index < -0.39 is 0 Å². The Balaban J connectivity index is 0.00000471. The van der Waals surface area contributed by atoms with E-state index in [0.717, 1.165) is 56.0 Å². The number of aromatic nitrogens is 2. The SMILES string of the molecule is CC(C)(C)c1ccnc(-n2c3[c-]c4c(cc3c3ccccc32)C(C)(C)c2ccccc2N4c2[c-]c(C3=N[C@H](C4CCCCC4)[C@@H](c4ccccc4)O3)cc(-c3ccccc3)c2)c1.[Pt+2]. The van der Waals surface area contributed by atoms with E-state index in [-0.39, 0.29) is 44.0 Å². The number of hydrogen-bond acceptors (Lipinski definition) is 4. The minimum absolute atomic E-state index is 0. The first kappa shape index (κ1) is 41.3. The first-order valence-electron chi connectivity index (χ1n) is 22.4. The summed E-state index contributed by atoms with van der Waals surface area (Å²) in [5.41, 5.74) is 12.7. The van der Waals surface area contributed by atoms with Gasteiger partial charge in [-0.3, -0.25) is 4.99 Å². The summed E-state index contributed by atoms with van der Waals surface area (Å²) >= 11 is 0. The summed E-state index contributed by atoms with van der Waals surface area (Å²) in [6, 6.07) is 58.3. The number of nitrogens with zero attached hydrogens (tertiary/aromatic N) is 4. The van der Waals surface area contributed by atoms with Crippen LogP contribution in [0.3, 0.4) is 0 Å². The number of hydrogen-bond donors (Lipinski definition) is 0. The Hall–Kier alpha value is -5.77. The van der Waals surface area contributed by atoms with Gasteiger partial charge in [0.2, 0.25) is 0 Å². The van der Waals surface area contributed by atoms with E-state index in [1.165, 1.54) is 59.7 Å². The molecular formula is C57H52N4OPt. The maximum Gasteiger partial charge on any atom is 2.00 e. The fraction of sp³-hybridized carbons (Fsp3) is 0.263. The molecule has 6 heteroatoms. The monoisotopic (exact) mass is 1000 g/mol. The van der Waals surface area contributed by atoms with Crippen LogP contribution >= 0.6 is 0 Å². The van der Waals surface area contributed by atoms with Crippen molar-refractivity contribution in [3.63, 3.8) is 0 Å². The van der Waals surface area contributed by atoms with Crippen LogP contribution in [0.15, 0.2) is 151 Å². The molecule has 5 nitrogen and oxygen atoms in total. The van der Waals surface area contributed by atoms with Crippen molar-refractivity contribution in [2.75, 3.05) is 4.90 Å². The second kappa shape index (κ2) is 16.1. The molecule has 2 aromatic heterocycles. The zero-order valence-corrected chi connectivity index (χ0v) is 38.9. The van der Waals surface area contributed by atoms with Crippen molar-refractivity contribution < 1.29 is 25.8 Å². The molecule has 4 heterocycles. The van der Waals surface area contributed by atoms with E-state index in [1.807, 2.05) is 6.20 Å². The van der Waals surface area contributed by atoms with Crippen LogP contribution in [0, 0.1) is 18.1 Å². The molecule has 6 aromatic carbocycles. The van der Waals surface area contributed by atoms with Gasteiger partial charge in [-0.05, 0) is 87.2 Å². The van der Waals surface area contributed by atoms with Gasteiger partial charge in [0, 0.05) is 17.4 Å². The molecule has 8 aromatic rings.